The van der Waals surface area contributed by atoms with Gasteiger partial charge in [-0.1, -0.05) is 6.92 Å². The van der Waals surface area contributed by atoms with Crippen LogP contribution in [0.4, 0.5) is 0 Å². The van der Waals surface area contributed by atoms with E-state index in [4.69, 9.17) is 9.47 Å². The summed E-state index contributed by atoms with van der Waals surface area (Å²) in [6.45, 7) is 2.24. The molecule has 1 N–H and O–H groups in total. The molecule has 0 spiro atoms. The molecular formula is C12H14O5. The molecule has 0 radical (unpaired) electrons. The fourth-order valence-corrected chi connectivity index (χ4v) is 3.10. The summed E-state index contributed by atoms with van der Waals surface area (Å²) < 4.78 is 10.5. The number of fused-ring (bicyclic) bond motifs is 5. The van der Waals surface area contributed by atoms with Gasteiger partial charge in [0.05, 0.1) is 30.0 Å². The number of carboxylic acid groups (broad SMARTS) is 1. The van der Waals surface area contributed by atoms with Gasteiger partial charge in [-0.3, -0.25) is 0 Å². The molecule has 3 aliphatic rings. The van der Waals surface area contributed by atoms with Crippen molar-refractivity contribution in [2.75, 3.05) is 6.61 Å². The molecule has 0 amide bonds. The molecule has 1 saturated carbocycles. The highest BCUT2D eigenvalue weighted by Crippen LogP contribution is 2.59. The molecule has 2 bridgehead atoms. The molecule has 1 heterocycles. The van der Waals surface area contributed by atoms with Gasteiger partial charge in [-0.05, 0) is 12.8 Å². The van der Waals surface area contributed by atoms with Crippen LogP contribution in [0.3, 0.4) is 0 Å². The summed E-state index contributed by atoms with van der Waals surface area (Å²) in [6.07, 6.45) is 1.56. The van der Waals surface area contributed by atoms with Gasteiger partial charge in [0.25, 0.3) is 0 Å². The van der Waals surface area contributed by atoms with E-state index in [0.29, 0.717) is 12.2 Å². The normalized spacial score (nSPS) is 37.0. The zero-order valence-corrected chi connectivity index (χ0v) is 9.51. The van der Waals surface area contributed by atoms with Crippen LogP contribution in [-0.2, 0) is 19.1 Å². The van der Waals surface area contributed by atoms with E-state index < -0.39 is 11.9 Å². The second kappa shape index (κ2) is 3.57. The van der Waals surface area contributed by atoms with E-state index in [2.05, 4.69) is 0 Å². The van der Waals surface area contributed by atoms with Crippen LogP contribution >= 0.6 is 0 Å². The summed E-state index contributed by atoms with van der Waals surface area (Å²) in [5.41, 5.74) is 0.588. The van der Waals surface area contributed by atoms with Gasteiger partial charge in [-0.15, -0.1) is 0 Å². The molecule has 2 fully saturated rings. The Morgan fingerprint density at radius 1 is 1.35 bits per heavy atom. The Kier molecular flexibility index (Phi) is 2.26. The molecule has 0 aromatic rings. The van der Waals surface area contributed by atoms with Crippen molar-refractivity contribution >= 4 is 11.9 Å². The number of rotatable bonds is 4. The number of hydrogen-bond acceptors (Lipinski definition) is 4. The van der Waals surface area contributed by atoms with Crippen molar-refractivity contribution in [3.8, 4) is 0 Å². The predicted octanol–water partition coefficient (Wildman–Crippen LogP) is 0.738. The predicted molar refractivity (Wildman–Crippen MR) is 56.2 cm³/mol. The minimum Gasteiger partial charge on any atom is -0.478 e. The minimum absolute atomic E-state index is 0.0359. The van der Waals surface area contributed by atoms with Gasteiger partial charge < -0.3 is 14.6 Å². The number of ether oxygens (including phenoxy) is 2. The highest BCUT2D eigenvalue weighted by molar-refractivity contribution is 6.02. The molecular weight excluding hydrogens is 224 g/mol. The lowest BCUT2D eigenvalue weighted by Gasteiger charge is -2.13. The Balaban J connectivity index is 1.89. The van der Waals surface area contributed by atoms with Crippen LogP contribution in [0.5, 0.6) is 0 Å². The summed E-state index contributed by atoms with van der Waals surface area (Å²) in [7, 11) is 0. The number of esters is 1. The number of carbonyl (C=O) groups excluding carboxylic acids is 1. The number of carboxylic acids is 1. The Bertz CT molecular complexity index is 425. The maximum Gasteiger partial charge on any atom is 0.334 e. The Hall–Kier alpha value is -1.36. The fraction of sp³-hybridized carbons (Fsp3) is 0.667. The van der Waals surface area contributed by atoms with Crippen molar-refractivity contribution in [2.24, 2.45) is 11.8 Å². The minimum atomic E-state index is -1.00. The smallest absolute Gasteiger partial charge is 0.334 e. The van der Waals surface area contributed by atoms with Crippen LogP contribution in [0.25, 0.3) is 0 Å². The van der Waals surface area contributed by atoms with E-state index in [1.807, 2.05) is 6.92 Å². The van der Waals surface area contributed by atoms with E-state index in [1.54, 1.807) is 0 Å². The van der Waals surface area contributed by atoms with Gasteiger partial charge in [0, 0.05) is 11.8 Å². The van der Waals surface area contributed by atoms with Crippen molar-refractivity contribution in [1.29, 1.82) is 0 Å². The molecule has 2 aliphatic carbocycles. The van der Waals surface area contributed by atoms with Crippen molar-refractivity contribution in [1.82, 2.24) is 0 Å². The first kappa shape index (κ1) is 10.8. The summed E-state index contributed by atoms with van der Waals surface area (Å²) in [5, 5.41) is 9.20. The number of carbonyl (C=O) groups is 2. The second-order valence-electron chi connectivity index (χ2n) is 4.78. The third-order valence-corrected chi connectivity index (χ3v) is 3.78. The Morgan fingerprint density at radius 3 is 2.59 bits per heavy atom. The van der Waals surface area contributed by atoms with Crippen molar-refractivity contribution in [2.45, 2.75) is 32.0 Å². The lowest BCUT2D eigenvalue weighted by Crippen LogP contribution is -2.23. The highest BCUT2D eigenvalue weighted by Gasteiger charge is 2.65. The molecule has 17 heavy (non-hydrogen) atoms. The zero-order valence-electron chi connectivity index (χ0n) is 9.51. The molecule has 0 aromatic heterocycles. The summed E-state index contributed by atoms with van der Waals surface area (Å²) >= 11 is 0. The zero-order chi connectivity index (χ0) is 12.2. The maximum absolute atomic E-state index is 11.9. The van der Waals surface area contributed by atoms with E-state index in [-0.39, 0.29) is 29.6 Å². The first-order valence-electron chi connectivity index (χ1n) is 5.95. The summed E-state index contributed by atoms with van der Waals surface area (Å²) in [5.74, 6) is -1.63. The highest BCUT2D eigenvalue weighted by atomic mass is 16.6. The van der Waals surface area contributed by atoms with Crippen molar-refractivity contribution < 1.29 is 24.2 Å². The molecule has 5 heteroatoms. The second-order valence-corrected chi connectivity index (χ2v) is 4.78. The quantitative estimate of drug-likeness (QED) is 0.577. The molecule has 92 valence electrons. The van der Waals surface area contributed by atoms with Crippen LogP contribution < -0.4 is 0 Å². The Labute approximate surface area is 98.4 Å². The standard InChI is InChI=1S/C12H14O5/c1-2-3-16-12(15)8-6-4-5(7(8)11(13)14)9-10(6)17-9/h5-6,9-10H,2-4H2,1H3,(H,13,14)/t5-,6+,9-,10+/m1/s1. The third kappa shape index (κ3) is 1.42. The van der Waals surface area contributed by atoms with E-state index >= 15 is 0 Å². The first-order chi connectivity index (χ1) is 8.15. The monoisotopic (exact) mass is 238 g/mol. The molecule has 1 saturated heterocycles. The lowest BCUT2D eigenvalue weighted by molar-refractivity contribution is -0.141. The van der Waals surface area contributed by atoms with Crippen LogP contribution in [0.15, 0.2) is 11.1 Å². The van der Waals surface area contributed by atoms with Crippen molar-refractivity contribution in [3.05, 3.63) is 11.1 Å². The van der Waals surface area contributed by atoms with Gasteiger partial charge in [0.2, 0.25) is 0 Å². The molecule has 0 unspecified atom stereocenters. The lowest BCUT2D eigenvalue weighted by atomic mass is 9.92. The number of hydrogen-bond donors (Lipinski definition) is 1. The molecule has 3 rings (SSSR count). The van der Waals surface area contributed by atoms with Crippen LogP contribution in [0.1, 0.15) is 19.8 Å². The van der Waals surface area contributed by atoms with E-state index in [1.165, 1.54) is 0 Å². The van der Waals surface area contributed by atoms with Crippen molar-refractivity contribution in [3.63, 3.8) is 0 Å². The van der Waals surface area contributed by atoms with Gasteiger partial charge >= 0.3 is 11.9 Å². The van der Waals surface area contributed by atoms with Crippen LogP contribution in [0, 0.1) is 11.8 Å². The topological polar surface area (TPSA) is 76.1 Å². The number of epoxide rings is 1. The van der Waals surface area contributed by atoms with Gasteiger partial charge in [0.1, 0.15) is 0 Å². The van der Waals surface area contributed by atoms with Gasteiger partial charge in [0.15, 0.2) is 0 Å². The SMILES string of the molecule is CCCOC(=O)C1=C(C(=O)O)[C@H]2C[C@@H]1[C@@H]1O[C@@H]12. The third-order valence-electron chi connectivity index (χ3n) is 3.78. The largest absolute Gasteiger partial charge is 0.478 e. The molecule has 1 aliphatic heterocycles. The molecule has 5 nitrogen and oxygen atoms in total. The van der Waals surface area contributed by atoms with Crippen LogP contribution in [0.2, 0.25) is 0 Å². The average Bonchev–Trinajstić information content (AvgIpc) is 2.91. The van der Waals surface area contributed by atoms with Gasteiger partial charge in [-0.2, -0.15) is 0 Å². The first-order valence-corrected chi connectivity index (χ1v) is 5.95. The summed E-state index contributed by atoms with van der Waals surface area (Å²) in [6, 6.07) is 0. The molecule has 4 atom stereocenters. The van der Waals surface area contributed by atoms with E-state index in [0.717, 1.165) is 12.8 Å². The number of aliphatic carboxylic acids is 1. The average molecular weight is 238 g/mol. The maximum atomic E-state index is 11.9. The van der Waals surface area contributed by atoms with E-state index in [9.17, 15) is 14.7 Å². The summed E-state index contributed by atoms with van der Waals surface area (Å²) in [4.78, 5) is 23.1. The van der Waals surface area contributed by atoms with Crippen LogP contribution in [-0.4, -0.2) is 35.9 Å². The Morgan fingerprint density at radius 2 is 2.00 bits per heavy atom. The molecule has 0 aromatic carbocycles. The van der Waals surface area contributed by atoms with Gasteiger partial charge in [-0.25, -0.2) is 9.59 Å². The fourth-order valence-electron chi connectivity index (χ4n) is 3.10.